The van der Waals surface area contributed by atoms with Gasteiger partial charge in [0.15, 0.2) is 6.10 Å². The minimum atomic E-state index is -0.875. The topological polar surface area (TPSA) is 66.8 Å². The van der Waals surface area contributed by atoms with Crippen LogP contribution in [0.15, 0.2) is 42.5 Å². The van der Waals surface area contributed by atoms with Gasteiger partial charge in [-0.3, -0.25) is 9.59 Å². The molecule has 2 aliphatic rings. The van der Waals surface area contributed by atoms with Crippen LogP contribution in [0.4, 0.5) is 5.69 Å². The summed E-state index contributed by atoms with van der Waals surface area (Å²) in [5.41, 5.74) is 4.69. The van der Waals surface area contributed by atoms with Gasteiger partial charge in [-0.15, -0.1) is 0 Å². The van der Waals surface area contributed by atoms with Gasteiger partial charge in [0.05, 0.1) is 13.0 Å². The molecule has 0 saturated heterocycles. The monoisotopic (exact) mass is 337 g/mol. The van der Waals surface area contributed by atoms with E-state index >= 15 is 0 Å². The third kappa shape index (κ3) is 2.91. The third-order valence-corrected chi connectivity index (χ3v) is 4.88. The molecule has 4 rings (SSSR count). The van der Waals surface area contributed by atoms with Gasteiger partial charge in [-0.1, -0.05) is 36.4 Å². The van der Waals surface area contributed by atoms with E-state index in [1.165, 1.54) is 0 Å². The molecule has 2 aromatic carbocycles. The number of aliphatic carboxylic acids is 1. The number of hydrogen-bond donors (Lipinski definition) is 1. The SMILES string of the molecule is O=C(O)Cc1ccc2c(c1)N(C(=O)C1OCCc3ccccc31)CC2. The molecule has 1 unspecified atom stereocenters. The van der Waals surface area contributed by atoms with Gasteiger partial charge in [0.25, 0.3) is 5.91 Å². The van der Waals surface area contributed by atoms with Crippen molar-refractivity contribution in [3.63, 3.8) is 0 Å². The van der Waals surface area contributed by atoms with E-state index < -0.39 is 12.1 Å². The molecule has 0 saturated carbocycles. The van der Waals surface area contributed by atoms with Crippen molar-refractivity contribution in [3.8, 4) is 0 Å². The Morgan fingerprint density at radius 2 is 1.96 bits per heavy atom. The van der Waals surface area contributed by atoms with E-state index in [0.29, 0.717) is 18.7 Å². The molecule has 0 radical (unpaired) electrons. The molecule has 0 aliphatic carbocycles. The molecule has 1 atom stereocenters. The third-order valence-electron chi connectivity index (χ3n) is 4.88. The van der Waals surface area contributed by atoms with Crippen LogP contribution in [0.3, 0.4) is 0 Å². The first-order chi connectivity index (χ1) is 12.1. The minimum Gasteiger partial charge on any atom is -0.481 e. The van der Waals surface area contributed by atoms with Crippen molar-refractivity contribution in [2.24, 2.45) is 0 Å². The van der Waals surface area contributed by atoms with Gasteiger partial charge in [0, 0.05) is 12.2 Å². The van der Waals surface area contributed by atoms with Crippen LogP contribution in [-0.4, -0.2) is 30.1 Å². The molecular formula is C20H19NO4. The van der Waals surface area contributed by atoms with Crippen molar-refractivity contribution >= 4 is 17.6 Å². The largest absolute Gasteiger partial charge is 0.481 e. The molecule has 2 aliphatic heterocycles. The van der Waals surface area contributed by atoms with E-state index in [2.05, 4.69) is 0 Å². The van der Waals surface area contributed by atoms with Crippen LogP contribution in [0.2, 0.25) is 0 Å². The predicted octanol–water partition coefficient (Wildman–Crippen LogP) is 2.52. The Labute approximate surface area is 145 Å². The summed E-state index contributed by atoms with van der Waals surface area (Å²) in [6, 6.07) is 13.5. The lowest BCUT2D eigenvalue weighted by atomic mass is 9.97. The summed E-state index contributed by atoms with van der Waals surface area (Å²) in [4.78, 5) is 25.9. The molecule has 0 fully saturated rings. The molecule has 5 heteroatoms. The normalized spacial score (nSPS) is 18.6. The van der Waals surface area contributed by atoms with Crippen molar-refractivity contribution in [2.75, 3.05) is 18.1 Å². The molecule has 0 spiro atoms. The number of ether oxygens (including phenoxy) is 1. The molecule has 5 nitrogen and oxygen atoms in total. The van der Waals surface area contributed by atoms with E-state index in [1.54, 1.807) is 4.90 Å². The highest BCUT2D eigenvalue weighted by molar-refractivity contribution is 5.99. The Bertz CT molecular complexity index is 845. The number of carboxylic acid groups (broad SMARTS) is 1. The van der Waals surface area contributed by atoms with E-state index in [0.717, 1.165) is 35.2 Å². The van der Waals surface area contributed by atoms with Crippen LogP contribution in [0.1, 0.15) is 28.4 Å². The zero-order valence-electron chi connectivity index (χ0n) is 13.8. The van der Waals surface area contributed by atoms with Gasteiger partial charge >= 0.3 is 5.97 Å². The number of benzene rings is 2. The highest BCUT2D eigenvalue weighted by Gasteiger charge is 2.34. The molecule has 1 amide bonds. The van der Waals surface area contributed by atoms with Gasteiger partial charge in [-0.25, -0.2) is 0 Å². The Kier molecular flexibility index (Phi) is 4.01. The van der Waals surface area contributed by atoms with E-state index in [1.807, 2.05) is 42.5 Å². The summed E-state index contributed by atoms with van der Waals surface area (Å²) >= 11 is 0. The Morgan fingerprint density at radius 3 is 2.80 bits per heavy atom. The maximum Gasteiger partial charge on any atom is 0.307 e. The number of hydrogen-bond acceptors (Lipinski definition) is 3. The van der Waals surface area contributed by atoms with Gasteiger partial charge in [-0.2, -0.15) is 0 Å². The first kappa shape index (κ1) is 15.8. The van der Waals surface area contributed by atoms with Crippen molar-refractivity contribution in [2.45, 2.75) is 25.4 Å². The molecule has 128 valence electrons. The predicted molar refractivity (Wildman–Crippen MR) is 92.7 cm³/mol. The summed E-state index contributed by atoms with van der Waals surface area (Å²) in [5.74, 6) is -0.946. The lowest BCUT2D eigenvalue weighted by molar-refractivity contribution is -0.136. The van der Waals surface area contributed by atoms with Crippen LogP contribution in [-0.2, 0) is 33.6 Å². The smallest absolute Gasteiger partial charge is 0.307 e. The first-order valence-electron chi connectivity index (χ1n) is 8.48. The molecule has 0 aromatic heterocycles. The summed E-state index contributed by atoms with van der Waals surface area (Å²) in [6.45, 7) is 1.14. The maximum absolute atomic E-state index is 13.1. The van der Waals surface area contributed by atoms with Gasteiger partial charge in [-0.05, 0) is 41.2 Å². The van der Waals surface area contributed by atoms with Gasteiger partial charge in [0.1, 0.15) is 0 Å². The van der Waals surface area contributed by atoms with Crippen molar-refractivity contribution < 1.29 is 19.4 Å². The molecular weight excluding hydrogens is 318 g/mol. The van der Waals surface area contributed by atoms with E-state index in [4.69, 9.17) is 9.84 Å². The van der Waals surface area contributed by atoms with Crippen LogP contribution < -0.4 is 4.90 Å². The summed E-state index contributed by atoms with van der Waals surface area (Å²) in [7, 11) is 0. The fraction of sp³-hybridized carbons (Fsp3) is 0.300. The number of carboxylic acids is 1. The lowest BCUT2D eigenvalue weighted by Gasteiger charge is -2.29. The number of rotatable bonds is 3. The number of amides is 1. The number of fused-ring (bicyclic) bond motifs is 2. The van der Waals surface area contributed by atoms with Crippen molar-refractivity contribution in [3.05, 3.63) is 64.7 Å². The van der Waals surface area contributed by atoms with Crippen LogP contribution >= 0.6 is 0 Å². The molecule has 1 N–H and O–H groups in total. The number of carbonyl (C=O) groups excluding carboxylic acids is 1. The Balaban J connectivity index is 1.65. The molecule has 25 heavy (non-hydrogen) atoms. The van der Waals surface area contributed by atoms with Crippen molar-refractivity contribution in [1.29, 1.82) is 0 Å². The fourth-order valence-electron chi connectivity index (χ4n) is 3.68. The molecule has 2 aromatic rings. The zero-order chi connectivity index (χ0) is 17.4. The molecule has 2 heterocycles. The van der Waals surface area contributed by atoms with Gasteiger partial charge in [0.2, 0.25) is 0 Å². The highest BCUT2D eigenvalue weighted by atomic mass is 16.5. The van der Waals surface area contributed by atoms with Crippen molar-refractivity contribution in [1.82, 2.24) is 0 Å². The zero-order valence-corrected chi connectivity index (χ0v) is 13.8. The average molecular weight is 337 g/mol. The fourth-order valence-corrected chi connectivity index (χ4v) is 3.68. The second-order valence-electron chi connectivity index (χ2n) is 6.47. The standard InChI is InChI=1S/C20H19NO4/c22-18(23)12-13-5-6-15-7-9-21(17(15)11-13)20(24)19-16-4-2-1-3-14(16)8-10-25-19/h1-6,11,19H,7-10,12H2,(H,22,23). The number of nitrogens with zero attached hydrogens (tertiary/aromatic N) is 1. The Morgan fingerprint density at radius 1 is 1.12 bits per heavy atom. The summed E-state index contributed by atoms with van der Waals surface area (Å²) in [5, 5.41) is 9.00. The second kappa shape index (κ2) is 6.33. The highest BCUT2D eigenvalue weighted by Crippen LogP contribution is 2.35. The molecule has 0 bridgehead atoms. The summed E-state index contributed by atoms with van der Waals surface area (Å²) in [6.07, 6.45) is 0.971. The van der Waals surface area contributed by atoms with Crippen LogP contribution in [0.5, 0.6) is 0 Å². The average Bonchev–Trinajstić information content (AvgIpc) is 3.03. The maximum atomic E-state index is 13.1. The van der Waals surface area contributed by atoms with Gasteiger partial charge < -0.3 is 14.7 Å². The van der Waals surface area contributed by atoms with Crippen LogP contribution in [0, 0.1) is 0 Å². The second-order valence-corrected chi connectivity index (χ2v) is 6.47. The Hall–Kier alpha value is -2.66. The quantitative estimate of drug-likeness (QED) is 0.934. The van der Waals surface area contributed by atoms with Crippen LogP contribution in [0.25, 0.3) is 0 Å². The summed E-state index contributed by atoms with van der Waals surface area (Å²) < 4.78 is 5.80. The van der Waals surface area contributed by atoms with E-state index in [-0.39, 0.29) is 12.3 Å². The minimum absolute atomic E-state index is 0.0436. The van der Waals surface area contributed by atoms with E-state index in [9.17, 15) is 9.59 Å². The lowest BCUT2D eigenvalue weighted by Crippen LogP contribution is -2.37. The number of carbonyl (C=O) groups is 2. The first-order valence-corrected chi connectivity index (χ1v) is 8.48. The number of anilines is 1.